The van der Waals surface area contributed by atoms with E-state index >= 15 is 0 Å². The zero-order valence-corrected chi connectivity index (χ0v) is 7.89. The van der Waals surface area contributed by atoms with Crippen LogP contribution in [0.2, 0.25) is 0 Å². The van der Waals surface area contributed by atoms with Crippen molar-refractivity contribution in [2.24, 2.45) is 0 Å². The number of H-pyrrole nitrogens is 1. The topological polar surface area (TPSA) is 52.5 Å². The summed E-state index contributed by atoms with van der Waals surface area (Å²) < 4.78 is 13.7. The fourth-order valence-electron chi connectivity index (χ4n) is 1.11. The summed E-state index contributed by atoms with van der Waals surface area (Å²) in [7, 11) is 0. The lowest BCUT2D eigenvalue weighted by Gasteiger charge is -1.93. The van der Waals surface area contributed by atoms with Gasteiger partial charge < -0.3 is 0 Å². The van der Waals surface area contributed by atoms with Gasteiger partial charge in [0.25, 0.3) is 0 Å². The molecule has 2 aromatic rings. The number of halogens is 2. The zero-order chi connectivity index (χ0) is 9.42. The molecule has 1 heterocycles. The number of aromatic nitrogens is 2. The molecule has 0 radical (unpaired) electrons. The minimum atomic E-state index is -0.425. The van der Waals surface area contributed by atoms with Gasteiger partial charge in [-0.25, -0.2) is 4.39 Å². The lowest BCUT2D eigenvalue weighted by Crippen LogP contribution is -1.79. The number of nitrogens with zero attached hydrogens (tertiary/aromatic N) is 2. The molecule has 0 amide bonds. The van der Waals surface area contributed by atoms with Crippen molar-refractivity contribution in [2.45, 2.75) is 0 Å². The Morgan fingerprint density at radius 1 is 1.54 bits per heavy atom. The second kappa shape index (κ2) is 2.82. The van der Waals surface area contributed by atoms with Crippen molar-refractivity contribution < 1.29 is 4.39 Å². The van der Waals surface area contributed by atoms with Crippen molar-refractivity contribution in [1.29, 1.82) is 5.26 Å². The number of nitrogens with one attached hydrogen (secondary N) is 1. The van der Waals surface area contributed by atoms with E-state index in [-0.39, 0.29) is 11.2 Å². The highest BCUT2D eigenvalue weighted by atomic mass is 79.9. The molecule has 1 N–H and O–H groups in total. The van der Waals surface area contributed by atoms with Crippen LogP contribution in [0.15, 0.2) is 16.6 Å². The minimum absolute atomic E-state index is 0.210. The van der Waals surface area contributed by atoms with Gasteiger partial charge in [0.2, 0.25) is 0 Å². The van der Waals surface area contributed by atoms with Gasteiger partial charge in [-0.15, -0.1) is 0 Å². The van der Waals surface area contributed by atoms with Crippen molar-refractivity contribution in [1.82, 2.24) is 10.2 Å². The Morgan fingerprint density at radius 2 is 2.31 bits per heavy atom. The smallest absolute Gasteiger partial charge is 0.170 e. The fourth-order valence-corrected chi connectivity index (χ4v) is 1.44. The Labute approximate surface area is 81.3 Å². The molecule has 0 aliphatic carbocycles. The van der Waals surface area contributed by atoms with Gasteiger partial charge >= 0.3 is 0 Å². The normalized spacial score (nSPS) is 10.2. The maximum absolute atomic E-state index is 13.3. The molecule has 0 fully saturated rings. The fraction of sp³-hybridized carbons (Fsp3) is 0. The first-order chi connectivity index (χ1) is 6.24. The molecular weight excluding hydrogens is 237 g/mol. The maximum atomic E-state index is 13.3. The number of nitriles is 1. The van der Waals surface area contributed by atoms with Crippen LogP contribution in [0.4, 0.5) is 4.39 Å². The molecule has 1 aromatic carbocycles. The average molecular weight is 240 g/mol. The first-order valence-electron chi connectivity index (χ1n) is 3.46. The summed E-state index contributed by atoms with van der Waals surface area (Å²) in [4.78, 5) is 0. The maximum Gasteiger partial charge on any atom is 0.170 e. The first kappa shape index (κ1) is 8.20. The van der Waals surface area contributed by atoms with Gasteiger partial charge in [-0.05, 0) is 28.1 Å². The summed E-state index contributed by atoms with van der Waals surface area (Å²) in [6.45, 7) is 0. The third-order valence-electron chi connectivity index (χ3n) is 1.74. The summed E-state index contributed by atoms with van der Waals surface area (Å²) in [5.41, 5.74) is 0.465. The third-order valence-corrected chi connectivity index (χ3v) is 2.35. The minimum Gasteiger partial charge on any atom is -0.273 e. The predicted molar refractivity (Wildman–Crippen MR) is 48.5 cm³/mol. The number of rotatable bonds is 0. The van der Waals surface area contributed by atoms with Gasteiger partial charge in [0, 0.05) is 5.39 Å². The highest BCUT2D eigenvalue weighted by Gasteiger charge is 2.10. The standard InChI is InChI=1S/C8H3BrFN3/c9-5-2-1-4-6(3-11)12-13-8(4)7(5)10/h1-2H,(H,12,13). The van der Waals surface area contributed by atoms with E-state index in [1.807, 2.05) is 6.07 Å². The highest BCUT2D eigenvalue weighted by molar-refractivity contribution is 9.10. The summed E-state index contributed by atoms with van der Waals surface area (Å²) in [6.07, 6.45) is 0. The SMILES string of the molecule is N#Cc1n[nH]c2c(F)c(Br)ccc12. The van der Waals surface area contributed by atoms with Crippen LogP contribution in [0.1, 0.15) is 5.69 Å². The van der Waals surface area contributed by atoms with Crippen LogP contribution >= 0.6 is 15.9 Å². The Kier molecular flexibility index (Phi) is 1.78. The van der Waals surface area contributed by atoms with E-state index in [1.165, 1.54) is 0 Å². The number of fused-ring (bicyclic) bond motifs is 1. The second-order valence-corrected chi connectivity index (χ2v) is 3.32. The number of aromatic amines is 1. The van der Waals surface area contributed by atoms with E-state index in [2.05, 4.69) is 26.1 Å². The second-order valence-electron chi connectivity index (χ2n) is 2.47. The van der Waals surface area contributed by atoms with Crippen molar-refractivity contribution in [3.63, 3.8) is 0 Å². The lowest BCUT2D eigenvalue weighted by molar-refractivity contribution is 0.630. The molecular formula is C8H3BrFN3. The Morgan fingerprint density at radius 3 is 3.00 bits per heavy atom. The Hall–Kier alpha value is -1.41. The zero-order valence-electron chi connectivity index (χ0n) is 6.31. The summed E-state index contributed by atoms with van der Waals surface area (Å²) in [5.74, 6) is -0.425. The molecule has 0 spiro atoms. The van der Waals surface area contributed by atoms with Crippen LogP contribution in [0.3, 0.4) is 0 Å². The van der Waals surface area contributed by atoms with E-state index in [9.17, 15) is 4.39 Å². The van der Waals surface area contributed by atoms with Crippen LogP contribution in [-0.4, -0.2) is 10.2 Å². The number of hydrogen-bond acceptors (Lipinski definition) is 2. The average Bonchev–Trinajstić information content (AvgIpc) is 2.55. The molecule has 0 aliphatic heterocycles. The third kappa shape index (κ3) is 1.11. The van der Waals surface area contributed by atoms with Gasteiger partial charge in [0.15, 0.2) is 11.5 Å². The monoisotopic (exact) mass is 239 g/mol. The predicted octanol–water partition coefficient (Wildman–Crippen LogP) is 2.34. The molecule has 3 nitrogen and oxygen atoms in total. The highest BCUT2D eigenvalue weighted by Crippen LogP contribution is 2.24. The molecule has 0 aliphatic rings. The van der Waals surface area contributed by atoms with Gasteiger partial charge in [-0.2, -0.15) is 10.4 Å². The number of hydrogen-bond donors (Lipinski definition) is 1. The largest absolute Gasteiger partial charge is 0.273 e. The van der Waals surface area contributed by atoms with E-state index in [4.69, 9.17) is 5.26 Å². The quantitative estimate of drug-likeness (QED) is 0.768. The summed E-state index contributed by atoms with van der Waals surface area (Å²) >= 11 is 3.04. The van der Waals surface area contributed by atoms with Gasteiger partial charge in [0.1, 0.15) is 11.6 Å². The molecule has 13 heavy (non-hydrogen) atoms. The first-order valence-corrected chi connectivity index (χ1v) is 4.25. The molecule has 0 bridgehead atoms. The van der Waals surface area contributed by atoms with Crippen LogP contribution in [0, 0.1) is 17.1 Å². The number of benzene rings is 1. The van der Waals surface area contributed by atoms with Crippen LogP contribution in [0.5, 0.6) is 0 Å². The van der Waals surface area contributed by atoms with E-state index < -0.39 is 5.82 Å². The molecule has 1 aromatic heterocycles. The summed E-state index contributed by atoms with van der Waals surface area (Å²) in [5, 5.41) is 15.3. The summed E-state index contributed by atoms with van der Waals surface area (Å²) in [6, 6.07) is 5.07. The molecule has 5 heteroatoms. The van der Waals surface area contributed by atoms with Crippen molar-refractivity contribution >= 4 is 26.8 Å². The van der Waals surface area contributed by atoms with Crippen LogP contribution in [-0.2, 0) is 0 Å². The van der Waals surface area contributed by atoms with Gasteiger partial charge in [0.05, 0.1) is 4.47 Å². The van der Waals surface area contributed by atoms with Gasteiger partial charge in [-0.1, -0.05) is 0 Å². The lowest BCUT2D eigenvalue weighted by atomic mass is 10.2. The molecule has 0 saturated carbocycles. The van der Waals surface area contributed by atoms with Crippen LogP contribution < -0.4 is 0 Å². The molecule has 0 saturated heterocycles. The molecule has 2 rings (SSSR count). The van der Waals surface area contributed by atoms with Crippen LogP contribution in [0.25, 0.3) is 10.9 Å². The van der Waals surface area contributed by atoms with E-state index in [0.29, 0.717) is 9.86 Å². The van der Waals surface area contributed by atoms with Crippen molar-refractivity contribution in [3.8, 4) is 6.07 Å². The Balaban J connectivity index is 2.91. The van der Waals surface area contributed by atoms with E-state index in [0.717, 1.165) is 0 Å². The van der Waals surface area contributed by atoms with Gasteiger partial charge in [-0.3, -0.25) is 5.10 Å². The Bertz CT molecular complexity index is 512. The molecule has 64 valence electrons. The van der Waals surface area contributed by atoms with Crippen molar-refractivity contribution in [2.75, 3.05) is 0 Å². The molecule has 0 unspecified atom stereocenters. The van der Waals surface area contributed by atoms with E-state index in [1.54, 1.807) is 12.1 Å². The van der Waals surface area contributed by atoms with Crippen molar-refractivity contribution in [3.05, 3.63) is 28.1 Å². The molecule has 0 atom stereocenters.